The molecule has 2 N–H and O–H groups in total. The number of anilines is 1. The molecule has 0 radical (unpaired) electrons. The molecule has 1 aliphatic rings. The zero-order valence-electron chi connectivity index (χ0n) is 12.8. The topological polar surface area (TPSA) is 89.0 Å². The Kier molecular flexibility index (Phi) is 5.60. The van der Waals surface area contributed by atoms with Crippen LogP contribution in [0.15, 0.2) is 34.2 Å². The molecule has 1 aromatic carbocycles. The fraction of sp³-hybridized carbons (Fsp3) is 0.400. The van der Waals surface area contributed by atoms with E-state index in [0.29, 0.717) is 22.4 Å². The minimum Gasteiger partial charge on any atom is -0.376 e. The van der Waals surface area contributed by atoms with Crippen LogP contribution >= 0.6 is 23.4 Å². The minimum absolute atomic E-state index is 0.0277. The molecule has 0 spiro atoms. The first-order valence-electron chi connectivity index (χ1n) is 7.57. The van der Waals surface area contributed by atoms with Gasteiger partial charge in [-0.2, -0.15) is 0 Å². The molecule has 0 saturated carbocycles. The van der Waals surface area contributed by atoms with E-state index in [4.69, 9.17) is 16.3 Å². The van der Waals surface area contributed by atoms with Gasteiger partial charge in [0, 0.05) is 17.3 Å². The van der Waals surface area contributed by atoms with Crippen molar-refractivity contribution in [2.75, 3.05) is 17.7 Å². The summed E-state index contributed by atoms with van der Waals surface area (Å²) in [6, 6.07) is 6.93. The van der Waals surface area contributed by atoms with E-state index in [1.54, 1.807) is 24.3 Å². The summed E-state index contributed by atoms with van der Waals surface area (Å²) in [4.78, 5) is 23.9. The molecule has 0 aliphatic carbocycles. The third-order valence-corrected chi connectivity index (χ3v) is 4.79. The van der Waals surface area contributed by atoms with Crippen LogP contribution < -0.4 is 11.0 Å². The fourth-order valence-electron chi connectivity index (χ4n) is 2.46. The van der Waals surface area contributed by atoms with Gasteiger partial charge in [0.05, 0.1) is 18.4 Å². The number of amides is 1. The van der Waals surface area contributed by atoms with Crippen molar-refractivity contribution in [1.29, 1.82) is 0 Å². The van der Waals surface area contributed by atoms with Crippen LogP contribution in [0.1, 0.15) is 12.8 Å². The van der Waals surface area contributed by atoms with E-state index in [-0.39, 0.29) is 23.5 Å². The zero-order chi connectivity index (χ0) is 16.9. The lowest BCUT2D eigenvalue weighted by Gasteiger charge is -2.11. The molecule has 3 rings (SSSR count). The van der Waals surface area contributed by atoms with Crippen LogP contribution in [0.2, 0.25) is 5.02 Å². The van der Waals surface area contributed by atoms with Gasteiger partial charge in [-0.05, 0) is 31.0 Å². The van der Waals surface area contributed by atoms with Gasteiger partial charge in [0.1, 0.15) is 0 Å². The van der Waals surface area contributed by atoms with Crippen molar-refractivity contribution in [2.45, 2.75) is 30.6 Å². The van der Waals surface area contributed by atoms with E-state index in [0.717, 1.165) is 19.4 Å². The van der Waals surface area contributed by atoms with E-state index < -0.39 is 0 Å². The number of rotatable bonds is 6. The molecule has 1 aliphatic heterocycles. The normalized spacial score (nSPS) is 17.1. The third-order valence-electron chi connectivity index (χ3n) is 3.57. The summed E-state index contributed by atoms with van der Waals surface area (Å²) < 4.78 is 7.07. The molecular weight excluding hydrogens is 352 g/mol. The van der Waals surface area contributed by atoms with Crippen molar-refractivity contribution in [1.82, 2.24) is 14.8 Å². The van der Waals surface area contributed by atoms with E-state index >= 15 is 0 Å². The Bertz CT molecular complexity index is 770. The molecule has 1 fully saturated rings. The number of halogens is 1. The summed E-state index contributed by atoms with van der Waals surface area (Å²) in [7, 11) is 0. The highest BCUT2D eigenvalue weighted by atomic mass is 35.5. The molecule has 1 amide bonds. The first-order valence-corrected chi connectivity index (χ1v) is 8.93. The van der Waals surface area contributed by atoms with Gasteiger partial charge in [0.15, 0.2) is 5.16 Å². The molecular formula is C15H17ClN4O3S. The Hall–Kier alpha value is -1.77. The Morgan fingerprint density at radius 1 is 1.54 bits per heavy atom. The number of hydrogen-bond acceptors (Lipinski definition) is 5. The highest BCUT2D eigenvalue weighted by molar-refractivity contribution is 7.99. The van der Waals surface area contributed by atoms with E-state index in [9.17, 15) is 9.59 Å². The number of H-pyrrole nitrogens is 1. The standard InChI is InChI=1S/C15H17ClN4O3S/c16-10-3-1-4-11(7-10)17-13(21)9-24-15-19-18-14(22)20(15)8-12-5-2-6-23-12/h1,3-4,7,12H,2,5-6,8-9H2,(H,17,21)(H,18,22)/t12-/m0/s1. The molecule has 1 aromatic heterocycles. The molecule has 2 aromatic rings. The van der Waals surface area contributed by atoms with E-state index in [2.05, 4.69) is 15.5 Å². The average Bonchev–Trinajstić information content (AvgIpc) is 3.17. The Morgan fingerprint density at radius 2 is 2.42 bits per heavy atom. The van der Waals surface area contributed by atoms with Gasteiger partial charge in [-0.15, -0.1) is 5.10 Å². The van der Waals surface area contributed by atoms with Crippen molar-refractivity contribution >= 4 is 35.0 Å². The van der Waals surface area contributed by atoms with Crippen LogP contribution in [-0.4, -0.2) is 39.1 Å². The number of ether oxygens (including phenoxy) is 1. The van der Waals surface area contributed by atoms with Crippen LogP contribution in [0, 0.1) is 0 Å². The van der Waals surface area contributed by atoms with Gasteiger partial charge in [-0.3, -0.25) is 9.36 Å². The second-order valence-electron chi connectivity index (χ2n) is 5.40. The summed E-state index contributed by atoms with van der Waals surface area (Å²) in [6.45, 7) is 1.18. The average molecular weight is 369 g/mol. The lowest BCUT2D eigenvalue weighted by atomic mass is 10.2. The summed E-state index contributed by atoms with van der Waals surface area (Å²) in [5, 5.41) is 10.2. The summed E-state index contributed by atoms with van der Waals surface area (Å²) in [6.07, 6.45) is 1.96. The van der Waals surface area contributed by atoms with Gasteiger partial charge in [0.2, 0.25) is 5.91 Å². The van der Waals surface area contributed by atoms with E-state index in [1.807, 2.05) is 0 Å². The van der Waals surface area contributed by atoms with E-state index in [1.165, 1.54) is 16.3 Å². The molecule has 0 unspecified atom stereocenters. The maximum Gasteiger partial charge on any atom is 0.344 e. The number of aromatic amines is 1. The first-order chi connectivity index (χ1) is 11.6. The summed E-state index contributed by atoms with van der Waals surface area (Å²) >= 11 is 7.09. The molecule has 9 heteroatoms. The second-order valence-corrected chi connectivity index (χ2v) is 6.78. The first kappa shape index (κ1) is 17.1. The number of aromatic nitrogens is 3. The van der Waals surface area contributed by atoms with Gasteiger partial charge in [0.25, 0.3) is 0 Å². The van der Waals surface area contributed by atoms with Gasteiger partial charge >= 0.3 is 5.69 Å². The van der Waals surface area contributed by atoms with Crippen LogP contribution in [0.3, 0.4) is 0 Å². The lowest BCUT2D eigenvalue weighted by Crippen LogP contribution is -2.25. The number of thioether (sulfide) groups is 1. The number of nitrogens with zero attached hydrogens (tertiary/aromatic N) is 2. The fourth-order valence-corrected chi connectivity index (χ4v) is 3.41. The second kappa shape index (κ2) is 7.87. The SMILES string of the molecule is O=C(CSc1n[nH]c(=O)n1C[C@@H]1CCCO1)Nc1cccc(Cl)c1. The maximum atomic E-state index is 12.0. The van der Waals surface area contributed by atoms with Crippen molar-refractivity contribution in [2.24, 2.45) is 0 Å². The van der Waals surface area contributed by atoms with Crippen molar-refractivity contribution < 1.29 is 9.53 Å². The Labute approximate surface area is 147 Å². The van der Waals surface area contributed by atoms with Gasteiger partial charge in [-0.1, -0.05) is 29.4 Å². The highest BCUT2D eigenvalue weighted by Crippen LogP contribution is 2.19. The molecule has 24 heavy (non-hydrogen) atoms. The van der Waals surface area contributed by atoms with Crippen molar-refractivity contribution in [3.8, 4) is 0 Å². The van der Waals surface area contributed by atoms with Crippen LogP contribution in [0.5, 0.6) is 0 Å². The minimum atomic E-state index is -0.289. The Morgan fingerprint density at radius 3 is 3.17 bits per heavy atom. The van der Waals surface area contributed by atoms with Crippen molar-refractivity contribution in [3.63, 3.8) is 0 Å². The highest BCUT2D eigenvalue weighted by Gasteiger charge is 2.20. The van der Waals surface area contributed by atoms with Crippen LogP contribution in [0.4, 0.5) is 5.69 Å². The monoisotopic (exact) mass is 368 g/mol. The molecule has 2 heterocycles. The summed E-state index contributed by atoms with van der Waals surface area (Å²) in [5.41, 5.74) is 0.343. The predicted molar refractivity (Wildman–Crippen MR) is 92.6 cm³/mol. The van der Waals surface area contributed by atoms with Crippen LogP contribution in [-0.2, 0) is 16.1 Å². The smallest absolute Gasteiger partial charge is 0.344 e. The number of carbonyl (C=O) groups excluding carboxylic acids is 1. The summed E-state index contributed by atoms with van der Waals surface area (Å²) in [5.74, 6) is -0.0520. The molecule has 0 bridgehead atoms. The Balaban J connectivity index is 1.58. The zero-order valence-corrected chi connectivity index (χ0v) is 14.4. The molecule has 1 atom stereocenters. The quantitative estimate of drug-likeness (QED) is 0.762. The predicted octanol–water partition coefficient (Wildman–Crippen LogP) is 2.13. The number of carbonyl (C=O) groups is 1. The molecule has 7 nitrogen and oxygen atoms in total. The largest absolute Gasteiger partial charge is 0.376 e. The van der Waals surface area contributed by atoms with Gasteiger partial charge in [-0.25, -0.2) is 9.89 Å². The number of hydrogen-bond donors (Lipinski definition) is 2. The number of nitrogens with one attached hydrogen (secondary N) is 2. The van der Waals surface area contributed by atoms with Crippen molar-refractivity contribution in [3.05, 3.63) is 39.8 Å². The van der Waals surface area contributed by atoms with Crippen LogP contribution in [0.25, 0.3) is 0 Å². The maximum absolute atomic E-state index is 12.0. The van der Waals surface area contributed by atoms with Gasteiger partial charge < -0.3 is 10.1 Å². The molecule has 1 saturated heterocycles. The molecule has 128 valence electrons. The lowest BCUT2D eigenvalue weighted by molar-refractivity contribution is -0.113. The third kappa shape index (κ3) is 4.40. The number of benzene rings is 1.